The molecule has 0 amide bonds. The molecule has 0 fully saturated rings. The van der Waals surface area contributed by atoms with Crippen LogP contribution in [0.1, 0.15) is 45.9 Å². The SMILES string of the molecule is CC(c1ccc(COc2ccc(C=O)nn2)cc1Cl)C(c1ccnc(Cl)c1)C(F)(F)F. The van der Waals surface area contributed by atoms with Crippen molar-refractivity contribution >= 4 is 29.5 Å². The van der Waals surface area contributed by atoms with E-state index in [1.165, 1.54) is 37.4 Å². The number of carbonyl (C=O) groups is 1. The van der Waals surface area contributed by atoms with Crippen molar-refractivity contribution in [1.82, 2.24) is 15.2 Å². The molecule has 3 rings (SSSR count). The van der Waals surface area contributed by atoms with Crippen LogP contribution in [0.4, 0.5) is 13.2 Å². The Hall–Kier alpha value is -2.71. The van der Waals surface area contributed by atoms with Crippen molar-refractivity contribution in [3.63, 3.8) is 0 Å². The minimum atomic E-state index is -4.51. The fraction of sp³-hybridized carbons (Fsp3) is 0.238. The van der Waals surface area contributed by atoms with E-state index in [-0.39, 0.29) is 33.9 Å². The number of hydrogen-bond donors (Lipinski definition) is 0. The lowest BCUT2D eigenvalue weighted by molar-refractivity contribution is -0.154. The Morgan fingerprint density at radius 2 is 1.87 bits per heavy atom. The molecule has 0 N–H and O–H groups in total. The van der Waals surface area contributed by atoms with Crippen molar-refractivity contribution < 1.29 is 22.7 Å². The third-order valence-corrected chi connectivity index (χ3v) is 5.22. The maximum absolute atomic E-state index is 13.9. The van der Waals surface area contributed by atoms with Gasteiger partial charge in [0.1, 0.15) is 17.5 Å². The number of rotatable bonds is 7. The normalized spacial score (nSPS) is 13.5. The first-order chi connectivity index (χ1) is 14.7. The highest BCUT2D eigenvalue weighted by atomic mass is 35.5. The molecular weight excluding hydrogens is 454 g/mol. The van der Waals surface area contributed by atoms with Gasteiger partial charge in [0.05, 0.1) is 5.92 Å². The second-order valence-electron chi connectivity index (χ2n) is 6.78. The predicted octanol–water partition coefficient (Wildman–Crippen LogP) is 6.02. The number of hydrogen-bond acceptors (Lipinski definition) is 5. The molecule has 5 nitrogen and oxygen atoms in total. The number of aldehydes is 1. The molecule has 2 unspecified atom stereocenters. The third kappa shape index (κ3) is 5.71. The van der Waals surface area contributed by atoms with Crippen LogP contribution in [-0.2, 0) is 6.61 Å². The second kappa shape index (κ2) is 9.62. The molecular formula is C21H16Cl2F3N3O2. The highest BCUT2D eigenvalue weighted by Crippen LogP contribution is 2.46. The summed E-state index contributed by atoms with van der Waals surface area (Å²) in [6.07, 6.45) is -2.71. The molecule has 2 heterocycles. The summed E-state index contributed by atoms with van der Waals surface area (Å²) in [5.41, 5.74) is 1.16. The van der Waals surface area contributed by atoms with Gasteiger partial charge in [-0.15, -0.1) is 10.2 Å². The smallest absolute Gasteiger partial charge is 0.396 e. The molecule has 0 spiro atoms. The molecule has 0 aliphatic heterocycles. The largest absolute Gasteiger partial charge is 0.472 e. The molecule has 0 saturated heterocycles. The van der Waals surface area contributed by atoms with Crippen molar-refractivity contribution in [3.05, 3.63) is 81.2 Å². The van der Waals surface area contributed by atoms with Crippen LogP contribution < -0.4 is 4.74 Å². The van der Waals surface area contributed by atoms with Gasteiger partial charge in [-0.1, -0.05) is 42.3 Å². The summed E-state index contributed by atoms with van der Waals surface area (Å²) in [6, 6.07) is 10.2. The van der Waals surface area contributed by atoms with Gasteiger partial charge in [-0.05, 0) is 46.9 Å². The maximum atomic E-state index is 13.9. The van der Waals surface area contributed by atoms with Gasteiger partial charge >= 0.3 is 6.18 Å². The maximum Gasteiger partial charge on any atom is 0.396 e. The number of alkyl halides is 3. The molecule has 31 heavy (non-hydrogen) atoms. The first kappa shape index (κ1) is 23.0. The van der Waals surface area contributed by atoms with Gasteiger partial charge in [0, 0.05) is 17.3 Å². The van der Waals surface area contributed by atoms with Crippen LogP contribution in [0, 0.1) is 0 Å². The minimum absolute atomic E-state index is 0.0122. The number of nitrogens with zero attached hydrogens (tertiary/aromatic N) is 3. The van der Waals surface area contributed by atoms with Crippen LogP contribution in [0.3, 0.4) is 0 Å². The van der Waals surface area contributed by atoms with E-state index in [0.717, 1.165) is 0 Å². The molecule has 2 atom stereocenters. The lowest BCUT2D eigenvalue weighted by Crippen LogP contribution is -2.26. The number of halogens is 5. The highest BCUT2D eigenvalue weighted by molar-refractivity contribution is 6.31. The molecule has 0 aliphatic carbocycles. The summed E-state index contributed by atoms with van der Waals surface area (Å²) >= 11 is 12.1. The van der Waals surface area contributed by atoms with Crippen LogP contribution in [-0.4, -0.2) is 27.6 Å². The third-order valence-electron chi connectivity index (χ3n) is 4.69. The number of pyridine rings is 1. The van der Waals surface area contributed by atoms with Gasteiger partial charge in [-0.3, -0.25) is 4.79 Å². The molecule has 0 bridgehead atoms. The molecule has 1 aromatic carbocycles. The zero-order valence-electron chi connectivity index (χ0n) is 16.1. The van der Waals surface area contributed by atoms with Crippen LogP contribution in [0.25, 0.3) is 0 Å². The Bertz CT molecular complexity index is 1060. The van der Waals surface area contributed by atoms with Crippen molar-refractivity contribution in [2.45, 2.75) is 31.5 Å². The van der Waals surface area contributed by atoms with E-state index in [4.69, 9.17) is 27.9 Å². The zero-order chi connectivity index (χ0) is 22.6. The fourth-order valence-electron chi connectivity index (χ4n) is 3.21. The van der Waals surface area contributed by atoms with E-state index < -0.39 is 18.0 Å². The average Bonchev–Trinajstić information content (AvgIpc) is 2.71. The van der Waals surface area contributed by atoms with E-state index in [9.17, 15) is 18.0 Å². The molecule has 162 valence electrons. The van der Waals surface area contributed by atoms with E-state index >= 15 is 0 Å². The predicted molar refractivity (Wildman–Crippen MR) is 110 cm³/mol. The summed E-state index contributed by atoms with van der Waals surface area (Å²) in [4.78, 5) is 14.4. The van der Waals surface area contributed by atoms with Gasteiger partial charge in [0.25, 0.3) is 0 Å². The first-order valence-electron chi connectivity index (χ1n) is 9.07. The minimum Gasteiger partial charge on any atom is -0.472 e. The van der Waals surface area contributed by atoms with Gasteiger partial charge < -0.3 is 4.74 Å². The van der Waals surface area contributed by atoms with Gasteiger partial charge in [0.15, 0.2) is 6.29 Å². The van der Waals surface area contributed by atoms with Gasteiger partial charge in [-0.25, -0.2) is 4.98 Å². The Balaban J connectivity index is 1.80. The lowest BCUT2D eigenvalue weighted by atomic mass is 9.82. The van der Waals surface area contributed by atoms with Crippen LogP contribution in [0.15, 0.2) is 48.7 Å². The van der Waals surface area contributed by atoms with Crippen molar-refractivity contribution in [2.75, 3.05) is 0 Å². The quantitative estimate of drug-likeness (QED) is 0.312. The van der Waals surface area contributed by atoms with Gasteiger partial charge in [-0.2, -0.15) is 13.2 Å². The Labute approximate surface area is 186 Å². The van der Waals surface area contributed by atoms with E-state index in [0.29, 0.717) is 17.4 Å². The van der Waals surface area contributed by atoms with Crippen molar-refractivity contribution in [2.24, 2.45) is 0 Å². The van der Waals surface area contributed by atoms with Gasteiger partial charge in [0.2, 0.25) is 5.88 Å². The average molecular weight is 470 g/mol. The van der Waals surface area contributed by atoms with Crippen LogP contribution in [0.5, 0.6) is 5.88 Å². The highest BCUT2D eigenvalue weighted by Gasteiger charge is 2.45. The number of carbonyl (C=O) groups excluding carboxylic acids is 1. The van der Waals surface area contributed by atoms with E-state index in [2.05, 4.69) is 15.2 Å². The fourth-order valence-corrected chi connectivity index (χ4v) is 3.77. The summed E-state index contributed by atoms with van der Waals surface area (Å²) in [5, 5.41) is 7.57. The van der Waals surface area contributed by atoms with E-state index in [1.807, 2.05) is 0 Å². The van der Waals surface area contributed by atoms with E-state index in [1.54, 1.807) is 18.2 Å². The van der Waals surface area contributed by atoms with Crippen molar-refractivity contribution in [1.29, 1.82) is 0 Å². The summed E-state index contributed by atoms with van der Waals surface area (Å²) in [6.45, 7) is 1.54. The number of aromatic nitrogens is 3. The molecule has 0 saturated carbocycles. The standard InChI is InChI=1S/C21H16Cl2F3N3O2/c1-12(20(21(24,25)26)14-6-7-27-18(23)9-14)16-4-2-13(8-17(16)22)11-31-19-5-3-15(10-30)28-29-19/h2-10,12,20H,11H2,1H3. The Morgan fingerprint density at radius 1 is 1.10 bits per heavy atom. The summed E-state index contributed by atoms with van der Waals surface area (Å²) in [5.74, 6) is -2.58. The Morgan fingerprint density at radius 3 is 2.45 bits per heavy atom. The molecule has 3 aromatic rings. The summed E-state index contributed by atoms with van der Waals surface area (Å²) < 4.78 is 47.1. The monoisotopic (exact) mass is 469 g/mol. The molecule has 0 aliphatic rings. The number of benzene rings is 1. The zero-order valence-corrected chi connectivity index (χ0v) is 17.6. The first-order valence-corrected chi connectivity index (χ1v) is 9.83. The number of ether oxygens (including phenoxy) is 1. The molecule has 10 heteroatoms. The molecule has 2 aromatic heterocycles. The second-order valence-corrected chi connectivity index (χ2v) is 7.57. The lowest BCUT2D eigenvalue weighted by Gasteiger charge is -2.28. The summed E-state index contributed by atoms with van der Waals surface area (Å²) in [7, 11) is 0. The topological polar surface area (TPSA) is 65.0 Å². The van der Waals surface area contributed by atoms with Crippen LogP contribution in [0.2, 0.25) is 10.2 Å². The van der Waals surface area contributed by atoms with Crippen molar-refractivity contribution in [3.8, 4) is 5.88 Å². The Kier molecular flexibility index (Phi) is 7.12. The molecule has 0 radical (unpaired) electrons. The van der Waals surface area contributed by atoms with Crippen LogP contribution >= 0.6 is 23.2 Å².